The zero-order chi connectivity index (χ0) is 13.9. The van der Waals surface area contributed by atoms with Crippen LogP contribution in [0.3, 0.4) is 0 Å². The first kappa shape index (κ1) is 13.6. The first-order valence-electron chi connectivity index (χ1n) is 6.41. The van der Waals surface area contributed by atoms with Gasteiger partial charge in [0, 0.05) is 11.9 Å². The van der Waals surface area contributed by atoms with Gasteiger partial charge in [0.25, 0.3) is 0 Å². The molecule has 0 atom stereocenters. The molecule has 2 N–H and O–H groups in total. The van der Waals surface area contributed by atoms with Crippen molar-refractivity contribution in [1.82, 2.24) is 4.98 Å². The summed E-state index contributed by atoms with van der Waals surface area (Å²) in [5.74, 6) is 0. The molecule has 0 amide bonds. The van der Waals surface area contributed by atoms with E-state index in [9.17, 15) is 0 Å². The van der Waals surface area contributed by atoms with Crippen molar-refractivity contribution in [2.75, 3.05) is 5.32 Å². The zero-order valence-corrected chi connectivity index (χ0v) is 11.6. The molecule has 0 spiro atoms. The molecule has 2 aromatic rings. The van der Waals surface area contributed by atoms with Crippen LogP contribution in [-0.2, 0) is 12.0 Å². The Labute approximate surface area is 114 Å². The number of nitrogens with zero attached hydrogens (tertiary/aromatic N) is 1. The molecule has 0 bridgehead atoms. The van der Waals surface area contributed by atoms with Gasteiger partial charge in [0.2, 0.25) is 0 Å². The summed E-state index contributed by atoms with van der Waals surface area (Å²) in [4.78, 5) is 4.28. The van der Waals surface area contributed by atoms with Gasteiger partial charge in [-0.1, -0.05) is 32.9 Å². The fourth-order valence-corrected chi connectivity index (χ4v) is 1.83. The molecule has 1 aromatic carbocycles. The molecular formula is C16H20N2O. The van der Waals surface area contributed by atoms with E-state index in [4.69, 9.17) is 5.11 Å². The molecule has 0 radical (unpaired) electrons. The van der Waals surface area contributed by atoms with Gasteiger partial charge in [-0.3, -0.25) is 4.98 Å². The fraction of sp³-hybridized carbons (Fsp3) is 0.312. The van der Waals surface area contributed by atoms with Crippen LogP contribution < -0.4 is 5.32 Å². The molecular weight excluding hydrogens is 236 g/mol. The van der Waals surface area contributed by atoms with Crippen LogP contribution in [-0.4, -0.2) is 10.1 Å². The summed E-state index contributed by atoms with van der Waals surface area (Å²) in [6.07, 6.45) is 3.70. The van der Waals surface area contributed by atoms with Crippen molar-refractivity contribution in [3.8, 4) is 0 Å². The Morgan fingerprint density at radius 1 is 1.11 bits per heavy atom. The van der Waals surface area contributed by atoms with E-state index < -0.39 is 0 Å². The Kier molecular flexibility index (Phi) is 3.86. The number of benzene rings is 1. The lowest BCUT2D eigenvalue weighted by atomic mass is 9.88. The van der Waals surface area contributed by atoms with Crippen LogP contribution in [0.1, 0.15) is 31.9 Å². The Balaban J connectivity index is 2.23. The van der Waals surface area contributed by atoms with Crippen molar-refractivity contribution in [1.29, 1.82) is 0 Å². The van der Waals surface area contributed by atoms with Crippen LogP contribution in [0.5, 0.6) is 0 Å². The number of pyridine rings is 1. The van der Waals surface area contributed by atoms with E-state index in [0.29, 0.717) is 0 Å². The van der Waals surface area contributed by atoms with Gasteiger partial charge in [-0.05, 0) is 34.7 Å². The molecule has 100 valence electrons. The van der Waals surface area contributed by atoms with Crippen LogP contribution >= 0.6 is 0 Å². The van der Waals surface area contributed by atoms with Crippen molar-refractivity contribution < 1.29 is 5.11 Å². The number of aliphatic hydroxyl groups is 1. The highest BCUT2D eigenvalue weighted by Gasteiger charge is 2.14. The first-order valence-corrected chi connectivity index (χ1v) is 6.41. The van der Waals surface area contributed by atoms with Crippen LogP contribution in [0, 0.1) is 0 Å². The quantitative estimate of drug-likeness (QED) is 0.881. The van der Waals surface area contributed by atoms with Crippen molar-refractivity contribution in [2.45, 2.75) is 32.8 Å². The summed E-state index contributed by atoms with van der Waals surface area (Å²) in [5.41, 5.74) is 4.08. The van der Waals surface area contributed by atoms with Gasteiger partial charge in [-0.2, -0.15) is 0 Å². The summed E-state index contributed by atoms with van der Waals surface area (Å²) in [7, 11) is 0. The third-order valence-corrected chi connectivity index (χ3v) is 3.00. The van der Waals surface area contributed by atoms with E-state index >= 15 is 0 Å². The molecule has 3 heteroatoms. The third-order valence-electron chi connectivity index (χ3n) is 3.00. The van der Waals surface area contributed by atoms with E-state index in [2.05, 4.69) is 37.1 Å². The minimum atomic E-state index is 0.0514. The second kappa shape index (κ2) is 5.41. The molecule has 0 aliphatic rings. The van der Waals surface area contributed by atoms with E-state index in [-0.39, 0.29) is 12.0 Å². The monoisotopic (exact) mass is 256 g/mol. The Bertz CT molecular complexity index is 559. The van der Waals surface area contributed by atoms with Crippen molar-refractivity contribution >= 4 is 11.4 Å². The summed E-state index contributed by atoms with van der Waals surface area (Å²) in [5, 5.41) is 12.5. The number of anilines is 2. The number of hydrogen-bond acceptors (Lipinski definition) is 3. The topological polar surface area (TPSA) is 45.2 Å². The van der Waals surface area contributed by atoms with E-state index in [1.165, 1.54) is 5.56 Å². The maximum Gasteiger partial charge on any atom is 0.0682 e. The zero-order valence-electron chi connectivity index (χ0n) is 11.6. The number of aliphatic hydroxyl groups excluding tert-OH is 1. The molecule has 0 saturated carbocycles. The second-order valence-corrected chi connectivity index (χ2v) is 5.70. The molecule has 0 fully saturated rings. The SMILES string of the molecule is CC(C)(C)c1cncc(Nc2cccc(CO)c2)c1. The number of nitrogens with one attached hydrogen (secondary N) is 1. The average Bonchev–Trinajstić information content (AvgIpc) is 2.38. The minimum Gasteiger partial charge on any atom is -0.392 e. The predicted molar refractivity (Wildman–Crippen MR) is 78.6 cm³/mol. The maximum absolute atomic E-state index is 9.14. The molecule has 1 aromatic heterocycles. The fourth-order valence-electron chi connectivity index (χ4n) is 1.83. The predicted octanol–water partition coefficient (Wildman–Crippen LogP) is 3.62. The largest absolute Gasteiger partial charge is 0.392 e. The average molecular weight is 256 g/mol. The van der Waals surface area contributed by atoms with Crippen LogP contribution in [0.15, 0.2) is 42.7 Å². The Morgan fingerprint density at radius 3 is 2.58 bits per heavy atom. The number of hydrogen-bond donors (Lipinski definition) is 2. The summed E-state index contributed by atoms with van der Waals surface area (Å²) >= 11 is 0. The molecule has 19 heavy (non-hydrogen) atoms. The summed E-state index contributed by atoms with van der Waals surface area (Å²) < 4.78 is 0. The Hall–Kier alpha value is -1.87. The lowest BCUT2D eigenvalue weighted by Gasteiger charge is -2.19. The highest BCUT2D eigenvalue weighted by molar-refractivity contribution is 5.60. The molecule has 2 rings (SSSR count). The standard InChI is InChI=1S/C16H20N2O/c1-16(2,3)13-8-15(10-17-9-13)18-14-6-4-5-12(7-14)11-19/h4-10,18-19H,11H2,1-3H3. The molecule has 0 unspecified atom stereocenters. The normalized spacial score (nSPS) is 11.4. The molecule has 0 saturated heterocycles. The van der Waals surface area contributed by atoms with E-state index in [1.54, 1.807) is 6.20 Å². The van der Waals surface area contributed by atoms with Gasteiger partial charge in [0.05, 0.1) is 18.5 Å². The smallest absolute Gasteiger partial charge is 0.0682 e. The van der Waals surface area contributed by atoms with Crippen LogP contribution in [0.2, 0.25) is 0 Å². The highest BCUT2D eigenvalue weighted by atomic mass is 16.3. The molecule has 0 aliphatic heterocycles. The van der Waals surface area contributed by atoms with Gasteiger partial charge < -0.3 is 10.4 Å². The minimum absolute atomic E-state index is 0.0514. The first-order chi connectivity index (χ1) is 8.99. The molecule has 1 heterocycles. The third kappa shape index (κ3) is 3.55. The maximum atomic E-state index is 9.14. The van der Waals surface area contributed by atoms with Crippen molar-refractivity contribution in [3.05, 3.63) is 53.9 Å². The van der Waals surface area contributed by atoms with Gasteiger partial charge in [0.15, 0.2) is 0 Å². The van der Waals surface area contributed by atoms with Crippen LogP contribution in [0.4, 0.5) is 11.4 Å². The highest BCUT2D eigenvalue weighted by Crippen LogP contribution is 2.25. The molecule has 0 aliphatic carbocycles. The van der Waals surface area contributed by atoms with E-state index in [0.717, 1.165) is 16.9 Å². The second-order valence-electron chi connectivity index (χ2n) is 5.70. The summed E-state index contributed by atoms with van der Waals surface area (Å²) in [6, 6.07) is 9.84. The number of aromatic nitrogens is 1. The summed E-state index contributed by atoms with van der Waals surface area (Å²) in [6.45, 7) is 6.55. The van der Waals surface area contributed by atoms with Gasteiger partial charge in [0.1, 0.15) is 0 Å². The van der Waals surface area contributed by atoms with Crippen molar-refractivity contribution in [3.63, 3.8) is 0 Å². The number of rotatable bonds is 3. The van der Waals surface area contributed by atoms with Crippen LogP contribution in [0.25, 0.3) is 0 Å². The van der Waals surface area contributed by atoms with E-state index in [1.807, 2.05) is 30.5 Å². The lowest BCUT2D eigenvalue weighted by Crippen LogP contribution is -2.11. The van der Waals surface area contributed by atoms with Gasteiger partial charge >= 0.3 is 0 Å². The molecule has 3 nitrogen and oxygen atoms in total. The van der Waals surface area contributed by atoms with Gasteiger partial charge in [-0.25, -0.2) is 0 Å². The Morgan fingerprint density at radius 2 is 1.89 bits per heavy atom. The van der Waals surface area contributed by atoms with Gasteiger partial charge in [-0.15, -0.1) is 0 Å². The van der Waals surface area contributed by atoms with Crippen molar-refractivity contribution in [2.24, 2.45) is 0 Å². The lowest BCUT2D eigenvalue weighted by molar-refractivity contribution is 0.282.